The largest absolute Gasteiger partial charge is 0.489 e. The summed E-state index contributed by atoms with van der Waals surface area (Å²) in [6.07, 6.45) is 4.69. The average molecular weight is 384 g/mol. The third-order valence-electron chi connectivity index (χ3n) is 4.81. The van der Waals surface area contributed by atoms with Gasteiger partial charge in [-0.2, -0.15) is 0 Å². The molecule has 148 valence electrons. The van der Waals surface area contributed by atoms with Gasteiger partial charge in [0, 0.05) is 23.5 Å². The van der Waals surface area contributed by atoms with Gasteiger partial charge >= 0.3 is 0 Å². The van der Waals surface area contributed by atoms with Crippen molar-refractivity contribution in [3.8, 4) is 5.75 Å². The predicted octanol–water partition coefficient (Wildman–Crippen LogP) is 1.41. The Labute approximate surface area is 163 Å². The molecule has 2 amide bonds. The van der Waals surface area contributed by atoms with Crippen LogP contribution in [-0.2, 0) is 11.4 Å². The molecule has 1 saturated heterocycles. The Kier molecular flexibility index (Phi) is 6.57. The van der Waals surface area contributed by atoms with Gasteiger partial charge in [-0.15, -0.1) is 0 Å². The molecular formula is C20H24N4O4. The van der Waals surface area contributed by atoms with Crippen LogP contribution in [0.3, 0.4) is 0 Å². The summed E-state index contributed by atoms with van der Waals surface area (Å²) in [6.45, 7) is 1.78. The van der Waals surface area contributed by atoms with Crippen molar-refractivity contribution >= 4 is 11.8 Å². The van der Waals surface area contributed by atoms with Gasteiger partial charge in [-0.05, 0) is 56.3 Å². The Morgan fingerprint density at radius 1 is 1.18 bits per heavy atom. The topological polar surface area (TPSA) is 113 Å². The summed E-state index contributed by atoms with van der Waals surface area (Å²) in [6, 6.07) is 10.6. The highest BCUT2D eigenvalue weighted by Gasteiger charge is 2.36. The lowest BCUT2D eigenvalue weighted by atomic mass is 9.84. The molecule has 0 atom stereocenters. The summed E-state index contributed by atoms with van der Waals surface area (Å²) in [7, 11) is 0. The van der Waals surface area contributed by atoms with Gasteiger partial charge in [-0.3, -0.25) is 19.8 Å². The number of carbonyl (C=O) groups excluding carboxylic acids is 2. The third kappa shape index (κ3) is 5.28. The minimum atomic E-state index is -0.676. The molecule has 1 aromatic heterocycles. The van der Waals surface area contributed by atoms with Crippen molar-refractivity contribution in [1.29, 1.82) is 0 Å². The third-order valence-corrected chi connectivity index (χ3v) is 4.81. The summed E-state index contributed by atoms with van der Waals surface area (Å²) < 4.78 is 5.70. The molecule has 8 heteroatoms. The maximum atomic E-state index is 12.7. The first-order valence-corrected chi connectivity index (χ1v) is 9.18. The van der Waals surface area contributed by atoms with Gasteiger partial charge in [0.05, 0.1) is 12.0 Å². The maximum absolute atomic E-state index is 12.7. The van der Waals surface area contributed by atoms with E-state index < -0.39 is 11.4 Å². The molecule has 0 radical (unpaired) electrons. The fourth-order valence-electron chi connectivity index (χ4n) is 3.26. The molecular weight excluding hydrogens is 360 g/mol. The number of rotatable bonds is 7. The van der Waals surface area contributed by atoms with Crippen LogP contribution in [0.4, 0.5) is 0 Å². The van der Waals surface area contributed by atoms with Gasteiger partial charge in [0.25, 0.3) is 5.91 Å². The van der Waals surface area contributed by atoms with E-state index in [1.54, 1.807) is 42.1 Å². The highest BCUT2D eigenvalue weighted by molar-refractivity contribution is 5.95. The van der Waals surface area contributed by atoms with Crippen molar-refractivity contribution < 1.29 is 19.5 Å². The van der Waals surface area contributed by atoms with Crippen molar-refractivity contribution in [2.24, 2.45) is 0 Å². The van der Waals surface area contributed by atoms with E-state index in [9.17, 15) is 9.59 Å². The Morgan fingerprint density at radius 2 is 1.93 bits per heavy atom. The van der Waals surface area contributed by atoms with Crippen molar-refractivity contribution in [3.05, 3.63) is 59.9 Å². The van der Waals surface area contributed by atoms with Crippen LogP contribution in [-0.4, -0.2) is 40.6 Å². The second-order valence-corrected chi connectivity index (χ2v) is 6.87. The normalized spacial score (nSPS) is 15.5. The molecule has 1 fully saturated rings. The lowest BCUT2D eigenvalue weighted by Gasteiger charge is -2.37. The fourth-order valence-corrected chi connectivity index (χ4v) is 3.26. The number of nitrogens with zero attached hydrogens (tertiary/aromatic N) is 1. The van der Waals surface area contributed by atoms with E-state index in [0.29, 0.717) is 43.9 Å². The van der Waals surface area contributed by atoms with Crippen molar-refractivity contribution in [3.63, 3.8) is 0 Å². The highest BCUT2D eigenvalue weighted by atomic mass is 16.5. The molecule has 0 bridgehead atoms. The summed E-state index contributed by atoms with van der Waals surface area (Å²) in [5.41, 5.74) is 2.42. The van der Waals surface area contributed by atoms with Gasteiger partial charge in [0.2, 0.25) is 5.91 Å². The molecule has 0 spiro atoms. The number of nitrogens with one attached hydrogen (secondary N) is 3. The van der Waals surface area contributed by atoms with Crippen LogP contribution < -0.4 is 20.9 Å². The standard InChI is InChI=1S/C20H24N4O4/c25-18(24-27)12-20(7-10-21-11-8-20)23-19(26)16-3-5-17(6-4-16)28-14-15-2-1-9-22-13-15/h1-6,9,13,21,27H,7-8,10-12,14H2,(H,23,26)(H,24,25). The lowest BCUT2D eigenvalue weighted by Crippen LogP contribution is -2.56. The number of amides is 2. The van der Waals surface area contributed by atoms with Crippen LogP contribution >= 0.6 is 0 Å². The molecule has 8 nitrogen and oxygen atoms in total. The van der Waals surface area contributed by atoms with E-state index in [-0.39, 0.29) is 12.3 Å². The number of hydrogen-bond acceptors (Lipinski definition) is 6. The molecule has 1 aromatic carbocycles. The number of benzene rings is 1. The zero-order valence-corrected chi connectivity index (χ0v) is 15.5. The molecule has 2 aromatic rings. The first-order chi connectivity index (χ1) is 13.6. The fraction of sp³-hybridized carbons (Fsp3) is 0.350. The Morgan fingerprint density at radius 3 is 2.57 bits per heavy atom. The first kappa shape index (κ1) is 19.8. The molecule has 0 unspecified atom stereocenters. The van der Waals surface area contributed by atoms with Gasteiger partial charge in [-0.25, -0.2) is 5.48 Å². The van der Waals surface area contributed by atoms with E-state index in [1.165, 1.54) is 0 Å². The summed E-state index contributed by atoms with van der Waals surface area (Å²) in [5, 5.41) is 15.1. The SMILES string of the molecule is O=C(CC1(NC(=O)c2ccc(OCc3cccnc3)cc2)CCNCC1)NO. The van der Waals surface area contributed by atoms with Crippen LogP contribution in [0.25, 0.3) is 0 Å². The van der Waals surface area contributed by atoms with Crippen molar-refractivity contribution in [1.82, 2.24) is 21.1 Å². The molecule has 0 saturated carbocycles. The Balaban J connectivity index is 1.62. The van der Waals surface area contributed by atoms with Crippen LogP contribution in [0.15, 0.2) is 48.8 Å². The van der Waals surface area contributed by atoms with Crippen LogP contribution in [0.2, 0.25) is 0 Å². The van der Waals surface area contributed by atoms with E-state index in [4.69, 9.17) is 9.94 Å². The quantitative estimate of drug-likeness (QED) is 0.424. The minimum Gasteiger partial charge on any atom is -0.489 e. The average Bonchev–Trinajstić information content (AvgIpc) is 2.73. The second kappa shape index (κ2) is 9.29. The molecule has 3 rings (SSSR count). The van der Waals surface area contributed by atoms with Crippen LogP contribution in [0, 0.1) is 0 Å². The monoisotopic (exact) mass is 384 g/mol. The molecule has 1 aliphatic rings. The van der Waals surface area contributed by atoms with Gasteiger partial charge in [0.15, 0.2) is 0 Å². The smallest absolute Gasteiger partial charge is 0.251 e. The number of hydroxylamine groups is 1. The van der Waals surface area contributed by atoms with Gasteiger partial charge in [0.1, 0.15) is 12.4 Å². The Bertz CT molecular complexity index is 790. The number of aromatic nitrogens is 1. The van der Waals surface area contributed by atoms with E-state index in [2.05, 4.69) is 15.6 Å². The minimum absolute atomic E-state index is 0.0310. The summed E-state index contributed by atoms with van der Waals surface area (Å²) in [5.74, 6) is -0.121. The highest BCUT2D eigenvalue weighted by Crippen LogP contribution is 2.24. The Hall–Kier alpha value is -2.97. The summed E-state index contributed by atoms with van der Waals surface area (Å²) >= 11 is 0. The predicted molar refractivity (Wildman–Crippen MR) is 102 cm³/mol. The summed E-state index contributed by atoms with van der Waals surface area (Å²) in [4.78, 5) is 28.4. The van der Waals surface area contributed by atoms with Crippen molar-refractivity contribution in [2.45, 2.75) is 31.4 Å². The lowest BCUT2D eigenvalue weighted by molar-refractivity contribution is -0.130. The molecule has 2 heterocycles. The number of pyridine rings is 1. The molecule has 4 N–H and O–H groups in total. The van der Waals surface area contributed by atoms with E-state index in [1.807, 2.05) is 12.1 Å². The zero-order chi connectivity index (χ0) is 19.8. The van der Waals surface area contributed by atoms with Gasteiger partial charge in [-0.1, -0.05) is 6.07 Å². The van der Waals surface area contributed by atoms with Gasteiger partial charge < -0.3 is 15.4 Å². The van der Waals surface area contributed by atoms with Crippen LogP contribution in [0.1, 0.15) is 35.2 Å². The van der Waals surface area contributed by atoms with E-state index >= 15 is 0 Å². The van der Waals surface area contributed by atoms with Crippen molar-refractivity contribution in [2.75, 3.05) is 13.1 Å². The molecule has 0 aliphatic carbocycles. The second-order valence-electron chi connectivity index (χ2n) is 6.87. The first-order valence-electron chi connectivity index (χ1n) is 9.18. The molecule has 1 aliphatic heterocycles. The van der Waals surface area contributed by atoms with Crippen LogP contribution in [0.5, 0.6) is 5.75 Å². The molecule has 28 heavy (non-hydrogen) atoms. The zero-order valence-electron chi connectivity index (χ0n) is 15.5. The number of hydrogen-bond donors (Lipinski definition) is 4. The number of piperidine rings is 1. The number of ether oxygens (including phenoxy) is 1. The number of carbonyl (C=O) groups is 2. The van der Waals surface area contributed by atoms with E-state index in [0.717, 1.165) is 5.56 Å². The maximum Gasteiger partial charge on any atom is 0.251 e.